The molecule has 160 valence electrons. The van der Waals surface area contributed by atoms with Crippen molar-refractivity contribution >= 4 is 35.8 Å². The molecule has 1 saturated heterocycles. The van der Waals surface area contributed by atoms with Crippen LogP contribution in [0.3, 0.4) is 0 Å². The maximum Gasteiger partial charge on any atom is 0.123 e. The third-order valence-electron chi connectivity index (χ3n) is 5.22. The Morgan fingerprint density at radius 3 is 2.45 bits per heavy atom. The zero-order chi connectivity index (χ0) is 17.9. The lowest BCUT2D eigenvalue weighted by atomic mass is 9.94. The Balaban J connectivity index is 0.00000140. The quantitative estimate of drug-likeness (QED) is 0.651. The zero-order valence-corrected chi connectivity index (χ0v) is 18.0. The van der Waals surface area contributed by atoms with Crippen molar-refractivity contribution in [2.75, 3.05) is 20.2 Å². The Kier molecular flexibility index (Phi) is 9.86. The molecule has 1 aliphatic rings. The van der Waals surface area contributed by atoms with Crippen molar-refractivity contribution in [1.82, 2.24) is 14.9 Å². The van der Waals surface area contributed by atoms with E-state index >= 15 is 0 Å². The van der Waals surface area contributed by atoms with E-state index in [1.54, 1.807) is 7.11 Å². The van der Waals surface area contributed by atoms with Crippen LogP contribution in [-0.2, 0) is 13.0 Å². The van der Waals surface area contributed by atoms with Crippen LogP contribution in [0.4, 0.5) is 4.39 Å². The van der Waals surface area contributed by atoms with Gasteiger partial charge in [-0.3, -0.25) is 0 Å². The van der Waals surface area contributed by atoms with Crippen LogP contribution >= 0.6 is 24.8 Å². The molecule has 0 spiro atoms. The number of benzene rings is 2. The normalized spacial score (nSPS) is 13.9. The number of ether oxygens (including phenoxy) is 1. The van der Waals surface area contributed by atoms with Crippen LogP contribution in [0.2, 0.25) is 0 Å². The van der Waals surface area contributed by atoms with Gasteiger partial charge in [0.2, 0.25) is 0 Å². The van der Waals surface area contributed by atoms with Gasteiger partial charge in [0.15, 0.2) is 0 Å². The molecule has 8 heteroatoms. The van der Waals surface area contributed by atoms with Crippen molar-refractivity contribution in [2.45, 2.75) is 25.8 Å². The molecule has 0 atom stereocenters. The zero-order valence-electron chi connectivity index (χ0n) is 16.4. The summed E-state index contributed by atoms with van der Waals surface area (Å²) in [6.07, 6.45) is 3.34. The molecule has 0 bridgehead atoms. The number of aromatic nitrogens is 2. The van der Waals surface area contributed by atoms with Gasteiger partial charge in [0.05, 0.1) is 18.1 Å². The molecule has 0 radical (unpaired) electrons. The van der Waals surface area contributed by atoms with Gasteiger partial charge in [-0.15, -0.1) is 24.8 Å². The number of nitrogens with one attached hydrogen (secondary N) is 1. The Bertz CT molecular complexity index is 897. The molecule has 3 aromatic rings. The molecule has 0 saturated carbocycles. The number of piperidine rings is 1. The maximum absolute atomic E-state index is 13.3. The Morgan fingerprint density at radius 1 is 1.10 bits per heavy atom. The van der Waals surface area contributed by atoms with E-state index in [0.29, 0.717) is 12.5 Å². The summed E-state index contributed by atoms with van der Waals surface area (Å²) in [6, 6.07) is 12.8. The number of halogens is 3. The van der Waals surface area contributed by atoms with E-state index in [1.807, 2.05) is 24.3 Å². The first-order valence-corrected chi connectivity index (χ1v) is 9.21. The number of hydrogen-bond donors (Lipinski definition) is 1. The lowest BCUT2D eigenvalue weighted by Gasteiger charge is -2.22. The molecule has 2 heterocycles. The second kappa shape index (κ2) is 11.4. The van der Waals surface area contributed by atoms with Crippen LogP contribution in [-0.4, -0.2) is 35.2 Å². The molecule has 0 amide bonds. The van der Waals surface area contributed by atoms with Gasteiger partial charge in [-0.2, -0.15) is 0 Å². The van der Waals surface area contributed by atoms with Gasteiger partial charge < -0.3 is 20.1 Å². The number of rotatable bonds is 5. The number of hydrogen-bond acceptors (Lipinski definition) is 3. The van der Waals surface area contributed by atoms with E-state index in [2.05, 4.69) is 16.0 Å². The average Bonchev–Trinajstić information content (AvgIpc) is 3.00. The largest absolute Gasteiger partial charge is 0.497 e. The summed E-state index contributed by atoms with van der Waals surface area (Å²) in [6.45, 7) is 2.86. The van der Waals surface area contributed by atoms with Gasteiger partial charge in [-0.05, 0) is 61.7 Å². The van der Waals surface area contributed by atoms with Crippen molar-refractivity contribution in [1.29, 1.82) is 0 Å². The summed E-state index contributed by atoms with van der Waals surface area (Å²) in [7, 11) is 1.67. The highest BCUT2D eigenvalue weighted by atomic mass is 35.5. The van der Waals surface area contributed by atoms with Crippen LogP contribution in [0.25, 0.3) is 11.0 Å². The monoisotopic (exact) mass is 443 g/mol. The lowest BCUT2D eigenvalue weighted by molar-refractivity contribution is 0.364. The van der Waals surface area contributed by atoms with Crippen molar-refractivity contribution in [3.8, 4) is 5.75 Å². The fraction of sp³-hybridized carbons (Fsp3) is 0.381. The molecular formula is C21H28Cl2FN3O2. The molecule has 2 aromatic carbocycles. The summed E-state index contributed by atoms with van der Waals surface area (Å²) in [5.41, 5.74) is 3.13. The average molecular weight is 444 g/mol. The predicted molar refractivity (Wildman–Crippen MR) is 119 cm³/mol. The van der Waals surface area contributed by atoms with Gasteiger partial charge in [-0.1, -0.05) is 12.1 Å². The number of methoxy groups -OCH3 is 1. The summed E-state index contributed by atoms with van der Waals surface area (Å²) in [4.78, 5) is 4.92. The highest BCUT2D eigenvalue weighted by molar-refractivity contribution is 5.85. The minimum Gasteiger partial charge on any atom is -0.497 e. The number of nitrogens with zero attached hydrogens (tertiary/aromatic N) is 2. The highest BCUT2D eigenvalue weighted by Crippen LogP contribution is 2.26. The van der Waals surface area contributed by atoms with E-state index in [1.165, 1.54) is 25.0 Å². The van der Waals surface area contributed by atoms with Crippen LogP contribution in [0, 0.1) is 11.7 Å². The van der Waals surface area contributed by atoms with Crippen molar-refractivity contribution in [3.05, 3.63) is 59.7 Å². The SMILES string of the molecule is COc1ccc2c(c1)nc(CC1CCNCC1)n2Cc1ccc(F)cc1.Cl.Cl.O. The molecule has 3 N–H and O–H groups in total. The molecule has 0 aliphatic carbocycles. The van der Waals surface area contributed by atoms with E-state index in [9.17, 15) is 4.39 Å². The van der Waals surface area contributed by atoms with Crippen molar-refractivity contribution in [2.24, 2.45) is 5.92 Å². The van der Waals surface area contributed by atoms with E-state index in [-0.39, 0.29) is 36.1 Å². The smallest absolute Gasteiger partial charge is 0.123 e. The summed E-state index contributed by atoms with van der Waals surface area (Å²) < 4.78 is 20.9. The maximum atomic E-state index is 13.3. The molecular weight excluding hydrogens is 416 g/mol. The first-order chi connectivity index (χ1) is 12.7. The van der Waals surface area contributed by atoms with Crippen LogP contribution < -0.4 is 10.1 Å². The van der Waals surface area contributed by atoms with Gasteiger partial charge in [0.25, 0.3) is 0 Å². The Morgan fingerprint density at radius 2 is 1.79 bits per heavy atom. The molecule has 4 rings (SSSR count). The minimum absolute atomic E-state index is 0. The lowest BCUT2D eigenvalue weighted by Crippen LogP contribution is -2.29. The molecule has 29 heavy (non-hydrogen) atoms. The number of fused-ring (bicyclic) bond motifs is 1. The standard InChI is InChI=1S/C21H24FN3O.2ClH.H2O/c1-26-18-6-7-20-19(13-18)24-21(12-15-8-10-23-11-9-15)25(20)14-16-2-4-17(22)5-3-16;;;/h2-7,13,15,23H,8-12,14H2,1H3;2*1H;1H2. The van der Waals surface area contributed by atoms with Crippen LogP contribution in [0.1, 0.15) is 24.2 Å². The molecule has 1 aliphatic heterocycles. The van der Waals surface area contributed by atoms with Gasteiger partial charge in [-0.25, -0.2) is 9.37 Å². The van der Waals surface area contributed by atoms with E-state index in [0.717, 1.165) is 47.7 Å². The van der Waals surface area contributed by atoms with E-state index < -0.39 is 0 Å². The third kappa shape index (κ3) is 5.82. The van der Waals surface area contributed by atoms with Crippen molar-refractivity contribution in [3.63, 3.8) is 0 Å². The highest BCUT2D eigenvalue weighted by Gasteiger charge is 2.19. The Hall–Kier alpha value is -1.86. The van der Waals surface area contributed by atoms with E-state index in [4.69, 9.17) is 9.72 Å². The predicted octanol–water partition coefficient (Wildman–Crippen LogP) is 3.79. The van der Waals surface area contributed by atoms with Crippen molar-refractivity contribution < 1.29 is 14.6 Å². The van der Waals surface area contributed by atoms with Crippen LogP contribution in [0.15, 0.2) is 42.5 Å². The second-order valence-electron chi connectivity index (χ2n) is 6.99. The first-order valence-electron chi connectivity index (χ1n) is 9.21. The van der Waals surface area contributed by atoms with Gasteiger partial charge in [0, 0.05) is 19.0 Å². The molecule has 5 nitrogen and oxygen atoms in total. The molecule has 0 unspecified atom stereocenters. The Labute approximate surface area is 182 Å². The third-order valence-corrected chi connectivity index (χ3v) is 5.22. The number of imidazole rings is 1. The minimum atomic E-state index is -0.205. The fourth-order valence-corrected chi connectivity index (χ4v) is 3.74. The molecule has 1 aromatic heterocycles. The van der Waals surface area contributed by atoms with Crippen LogP contribution in [0.5, 0.6) is 5.75 Å². The summed E-state index contributed by atoms with van der Waals surface area (Å²) >= 11 is 0. The van der Waals surface area contributed by atoms with Gasteiger partial charge >= 0.3 is 0 Å². The fourth-order valence-electron chi connectivity index (χ4n) is 3.74. The first kappa shape index (κ1) is 25.2. The topological polar surface area (TPSA) is 70.6 Å². The summed E-state index contributed by atoms with van der Waals surface area (Å²) in [5.74, 6) is 2.37. The summed E-state index contributed by atoms with van der Waals surface area (Å²) in [5, 5.41) is 3.42. The van der Waals surface area contributed by atoms with Gasteiger partial charge in [0.1, 0.15) is 17.4 Å². The molecule has 1 fully saturated rings. The second-order valence-corrected chi connectivity index (χ2v) is 6.99.